The van der Waals surface area contributed by atoms with E-state index >= 15 is 0 Å². The second-order valence-electron chi connectivity index (χ2n) is 7.77. The van der Waals surface area contributed by atoms with Gasteiger partial charge in [0.15, 0.2) is 5.78 Å². The van der Waals surface area contributed by atoms with Crippen molar-refractivity contribution in [3.8, 4) is 5.69 Å². The molecule has 0 saturated carbocycles. The average molecular weight is 471 g/mol. The molecule has 0 fully saturated rings. The van der Waals surface area contributed by atoms with Gasteiger partial charge in [-0.05, 0) is 44.2 Å². The molecule has 1 aliphatic heterocycles. The first-order valence-corrected chi connectivity index (χ1v) is 9.94. The molecule has 2 amide bonds. The summed E-state index contributed by atoms with van der Waals surface area (Å²) in [6.07, 6.45) is -4.54. The van der Waals surface area contributed by atoms with Crippen LogP contribution in [0.25, 0.3) is 5.69 Å². The first-order chi connectivity index (χ1) is 15.9. The first kappa shape index (κ1) is 22.9. The minimum absolute atomic E-state index is 0.0437. The number of amides is 2. The summed E-state index contributed by atoms with van der Waals surface area (Å²) >= 11 is 0. The number of nitro benzene ring substituents is 1. The number of hydrogen-bond acceptors (Lipinski definition) is 5. The molecule has 8 nitrogen and oxygen atoms in total. The van der Waals surface area contributed by atoms with Gasteiger partial charge in [-0.15, -0.1) is 0 Å². The summed E-state index contributed by atoms with van der Waals surface area (Å²) in [5, 5.41) is 11.0. The van der Waals surface area contributed by atoms with Crippen molar-refractivity contribution >= 4 is 23.3 Å². The number of hydrogen-bond donors (Lipinski definition) is 0. The summed E-state index contributed by atoms with van der Waals surface area (Å²) in [4.78, 5) is 49.3. The van der Waals surface area contributed by atoms with Gasteiger partial charge >= 0.3 is 6.18 Å². The van der Waals surface area contributed by atoms with E-state index in [1.807, 2.05) is 0 Å². The van der Waals surface area contributed by atoms with Gasteiger partial charge < -0.3 is 4.57 Å². The highest BCUT2D eigenvalue weighted by Gasteiger charge is 2.38. The maximum atomic E-state index is 13.1. The third-order valence-corrected chi connectivity index (χ3v) is 5.63. The lowest BCUT2D eigenvalue weighted by molar-refractivity contribution is -0.384. The molecule has 0 radical (unpaired) electrons. The zero-order chi connectivity index (χ0) is 24.9. The fraction of sp³-hybridized carbons (Fsp3) is 0.174. The fourth-order valence-corrected chi connectivity index (χ4v) is 4.03. The second-order valence-corrected chi connectivity index (χ2v) is 7.77. The van der Waals surface area contributed by atoms with Crippen molar-refractivity contribution < 1.29 is 32.5 Å². The number of rotatable bonds is 5. The predicted molar refractivity (Wildman–Crippen MR) is 113 cm³/mol. The van der Waals surface area contributed by atoms with Crippen molar-refractivity contribution in [2.45, 2.75) is 20.0 Å². The molecule has 174 valence electrons. The molecule has 3 aromatic rings. The quantitative estimate of drug-likeness (QED) is 0.236. The average Bonchev–Trinajstić information content (AvgIpc) is 3.20. The van der Waals surface area contributed by atoms with Crippen molar-refractivity contribution in [1.82, 2.24) is 9.47 Å². The topological polar surface area (TPSA) is 103 Å². The van der Waals surface area contributed by atoms with Crippen LogP contribution in [0.2, 0.25) is 0 Å². The van der Waals surface area contributed by atoms with Crippen LogP contribution < -0.4 is 0 Å². The van der Waals surface area contributed by atoms with E-state index in [4.69, 9.17) is 0 Å². The molecule has 0 bridgehead atoms. The normalized spacial score (nSPS) is 13.4. The van der Waals surface area contributed by atoms with Crippen LogP contribution in [0.4, 0.5) is 18.9 Å². The lowest BCUT2D eigenvalue weighted by Gasteiger charge is -2.14. The Morgan fingerprint density at radius 2 is 1.68 bits per heavy atom. The molecule has 0 saturated heterocycles. The van der Waals surface area contributed by atoms with E-state index in [9.17, 15) is 37.7 Å². The largest absolute Gasteiger partial charge is 0.416 e. The Hall–Kier alpha value is -4.28. The number of halogens is 3. The number of non-ortho nitro benzene ring substituents is 1. The maximum absolute atomic E-state index is 13.1. The minimum atomic E-state index is -4.54. The van der Waals surface area contributed by atoms with Gasteiger partial charge in [-0.25, -0.2) is 0 Å². The SMILES string of the molecule is Cc1cc(C(=O)CN2C(=O)c3ccc([N+](=O)[O-])cc3C2=O)c(C)n1-c1cccc(C(F)(F)F)c1. The van der Waals surface area contributed by atoms with Gasteiger partial charge in [0.1, 0.15) is 0 Å². The molecule has 2 aromatic carbocycles. The van der Waals surface area contributed by atoms with E-state index in [1.165, 1.54) is 22.8 Å². The number of aryl methyl sites for hydroxylation is 1. The van der Waals surface area contributed by atoms with Crippen molar-refractivity contribution in [2.24, 2.45) is 0 Å². The molecule has 0 atom stereocenters. The van der Waals surface area contributed by atoms with Gasteiger partial charge in [-0.2, -0.15) is 13.2 Å². The minimum Gasteiger partial charge on any atom is -0.318 e. The number of imide groups is 1. The van der Waals surface area contributed by atoms with E-state index < -0.39 is 40.8 Å². The van der Waals surface area contributed by atoms with Gasteiger partial charge in [-0.3, -0.25) is 29.4 Å². The summed E-state index contributed by atoms with van der Waals surface area (Å²) in [5.74, 6) is -2.19. The number of aromatic nitrogens is 1. The Morgan fingerprint density at radius 3 is 2.32 bits per heavy atom. The van der Waals surface area contributed by atoms with Crippen LogP contribution in [0.1, 0.15) is 48.0 Å². The van der Waals surface area contributed by atoms with Crippen molar-refractivity contribution in [3.05, 3.63) is 92.3 Å². The predicted octanol–water partition coefficient (Wildman–Crippen LogP) is 4.50. The van der Waals surface area contributed by atoms with Gasteiger partial charge in [0.25, 0.3) is 17.5 Å². The van der Waals surface area contributed by atoms with Gasteiger partial charge in [0.2, 0.25) is 0 Å². The smallest absolute Gasteiger partial charge is 0.318 e. The van der Waals surface area contributed by atoms with Crippen LogP contribution in [0.15, 0.2) is 48.5 Å². The second kappa shape index (κ2) is 7.94. The van der Waals surface area contributed by atoms with Crippen LogP contribution in [-0.2, 0) is 6.18 Å². The Balaban J connectivity index is 1.64. The molecule has 0 unspecified atom stereocenters. The number of Topliss-reactive ketones (excluding diaryl/α,β-unsaturated/α-hetero) is 1. The number of nitrogens with zero attached hydrogens (tertiary/aromatic N) is 3. The van der Waals surface area contributed by atoms with Crippen molar-refractivity contribution in [1.29, 1.82) is 0 Å². The number of alkyl halides is 3. The Labute approximate surface area is 190 Å². The van der Waals surface area contributed by atoms with Crippen LogP contribution in [-0.4, -0.2) is 38.5 Å². The number of benzene rings is 2. The number of nitro groups is 1. The van der Waals surface area contributed by atoms with Crippen LogP contribution >= 0.6 is 0 Å². The molecule has 4 rings (SSSR count). The van der Waals surface area contributed by atoms with E-state index in [-0.39, 0.29) is 28.1 Å². The first-order valence-electron chi connectivity index (χ1n) is 9.94. The maximum Gasteiger partial charge on any atom is 0.416 e. The van der Waals surface area contributed by atoms with Gasteiger partial charge in [0, 0.05) is 34.8 Å². The van der Waals surface area contributed by atoms with E-state index in [0.717, 1.165) is 30.3 Å². The molecule has 11 heteroatoms. The highest BCUT2D eigenvalue weighted by molar-refractivity contribution is 6.23. The van der Waals surface area contributed by atoms with E-state index in [0.29, 0.717) is 16.3 Å². The molecular formula is C23H16F3N3O5. The summed E-state index contributed by atoms with van der Waals surface area (Å²) in [6, 6.07) is 9.36. The number of ketones is 1. The van der Waals surface area contributed by atoms with Crippen LogP contribution in [0, 0.1) is 24.0 Å². The van der Waals surface area contributed by atoms with E-state index in [2.05, 4.69) is 0 Å². The molecular weight excluding hydrogens is 455 g/mol. The van der Waals surface area contributed by atoms with Gasteiger partial charge in [0.05, 0.1) is 28.2 Å². The zero-order valence-corrected chi connectivity index (χ0v) is 17.8. The van der Waals surface area contributed by atoms with Crippen LogP contribution in [0.3, 0.4) is 0 Å². The summed E-state index contributed by atoms with van der Waals surface area (Å²) in [6.45, 7) is 2.55. The number of carbonyl (C=O) groups excluding carboxylic acids is 3. The molecule has 0 N–H and O–H groups in total. The lowest BCUT2D eigenvalue weighted by atomic mass is 10.1. The van der Waals surface area contributed by atoms with Crippen molar-refractivity contribution in [2.75, 3.05) is 6.54 Å². The molecule has 34 heavy (non-hydrogen) atoms. The summed E-state index contributed by atoms with van der Waals surface area (Å²) < 4.78 is 40.9. The Bertz CT molecular complexity index is 1390. The van der Waals surface area contributed by atoms with Crippen LogP contribution in [0.5, 0.6) is 0 Å². The summed E-state index contributed by atoms with van der Waals surface area (Å²) in [5.41, 5.74) is -0.246. The monoisotopic (exact) mass is 471 g/mol. The standard InChI is InChI=1S/C23H16F3N3O5/c1-12-8-18(13(2)28(12)15-5-3-4-14(9-15)23(24,25)26)20(30)11-27-21(31)17-7-6-16(29(33)34)10-19(17)22(27)32/h3-10H,11H2,1-2H3. The molecule has 0 spiro atoms. The molecule has 1 aliphatic rings. The number of carbonyl (C=O) groups is 3. The highest BCUT2D eigenvalue weighted by atomic mass is 19.4. The Kier molecular flexibility index (Phi) is 5.35. The van der Waals surface area contributed by atoms with Crippen molar-refractivity contribution in [3.63, 3.8) is 0 Å². The third kappa shape index (κ3) is 3.74. The molecule has 1 aromatic heterocycles. The highest BCUT2D eigenvalue weighted by Crippen LogP contribution is 2.32. The Morgan fingerprint density at radius 1 is 1.00 bits per heavy atom. The fourth-order valence-electron chi connectivity index (χ4n) is 4.03. The summed E-state index contributed by atoms with van der Waals surface area (Å²) in [7, 11) is 0. The molecule has 2 heterocycles. The van der Waals surface area contributed by atoms with E-state index in [1.54, 1.807) is 13.8 Å². The van der Waals surface area contributed by atoms with Gasteiger partial charge in [-0.1, -0.05) is 6.07 Å². The zero-order valence-electron chi connectivity index (χ0n) is 17.8. The molecule has 0 aliphatic carbocycles. The third-order valence-electron chi connectivity index (χ3n) is 5.63. The lowest BCUT2D eigenvalue weighted by Crippen LogP contribution is -2.35. The number of fused-ring (bicyclic) bond motifs is 1.